The highest BCUT2D eigenvalue weighted by Gasteiger charge is 2.32. The monoisotopic (exact) mass is 458 g/mol. The van der Waals surface area contributed by atoms with Gasteiger partial charge < -0.3 is 9.47 Å². The maximum atomic E-state index is 14.1. The van der Waals surface area contributed by atoms with E-state index in [2.05, 4.69) is 0 Å². The third-order valence-corrected chi connectivity index (χ3v) is 4.49. The van der Waals surface area contributed by atoms with Crippen molar-refractivity contribution in [1.82, 2.24) is 0 Å². The van der Waals surface area contributed by atoms with Crippen LogP contribution in [0.3, 0.4) is 0 Å². The number of halogens is 7. The Morgan fingerprint density at radius 1 is 1.14 bits per heavy atom. The van der Waals surface area contributed by atoms with Crippen LogP contribution in [0.5, 0.6) is 11.5 Å². The summed E-state index contributed by atoms with van der Waals surface area (Å²) in [4.78, 5) is 11.6. The van der Waals surface area contributed by atoms with Gasteiger partial charge in [-0.25, -0.2) is 4.39 Å². The van der Waals surface area contributed by atoms with Crippen molar-refractivity contribution in [2.45, 2.75) is 24.9 Å². The molecule has 152 valence electrons. The molecule has 1 unspecified atom stereocenters. The summed E-state index contributed by atoms with van der Waals surface area (Å²) in [5.74, 6) is -2.44. The molecule has 0 amide bonds. The van der Waals surface area contributed by atoms with Gasteiger partial charge in [0.1, 0.15) is 11.1 Å². The molecule has 1 atom stereocenters. The molecular weight excluding hydrogens is 447 g/mol. The highest BCUT2D eigenvalue weighted by molar-refractivity contribution is 6.32. The summed E-state index contributed by atoms with van der Waals surface area (Å²) in [5.41, 5.74) is -0.839. The van der Waals surface area contributed by atoms with E-state index in [1.165, 1.54) is 18.2 Å². The second-order valence-corrected chi connectivity index (χ2v) is 6.89. The first kappa shape index (κ1) is 22.6. The van der Waals surface area contributed by atoms with Gasteiger partial charge in [-0.3, -0.25) is 4.79 Å². The van der Waals surface area contributed by atoms with Crippen LogP contribution in [-0.2, 0) is 22.1 Å². The first-order valence-corrected chi connectivity index (χ1v) is 9.05. The predicted molar refractivity (Wildman–Crippen MR) is 97.9 cm³/mol. The summed E-state index contributed by atoms with van der Waals surface area (Å²) >= 11 is 17.8. The zero-order chi connectivity index (χ0) is 21.1. The van der Waals surface area contributed by atoms with Gasteiger partial charge in [0.2, 0.25) is 0 Å². The van der Waals surface area contributed by atoms with E-state index in [-0.39, 0.29) is 29.9 Å². The van der Waals surface area contributed by atoms with E-state index in [4.69, 9.17) is 44.3 Å². The Hall–Kier alpha value is -1.70. The van der Waals surface area contributed by atoms with Crippen LogP contribution >= 0.6 is 34.8 Å². The summed E-state index contributed by atoms with van der Waals surface area (Å²) in [6, 6.07) is 5.01. The minimum atomic E-state index is -4.75. The fourth-order valence-electron chi connectivity index (χ4n) is 2.22. The SMILES string of the molecule is CCOC(=O)C(Cl)Cc1cc(Oc2c(F)cc(C(F)(F)F)cc2Cl)ccc1Cl. The number of ether oxygens (including phenoxy) is 2. The summed E-state index contributed by atoms with van der Waals surface area (Å²) in [6.07, 6.45) is -4.75. The first-order chi connectivity index (χ1) is 13.0. The molecule has 2 rings (SSSR count). The first-order valence-electron chi connectivity index (χ1n) is 7.86. The highest BCUT2D eigenvalue weighted by Crippen LogP contribution is 2.39. The lowest BCUT2D eigenvalue weighted by atomic mass is 10.1. The molecule has 10 heteroatoms. The minimum Gasteiger partial charge on any atom is -0.465 e. The molecule has 3 nitrogen and oxygen atoms in total. The van der Waals surface area contributed by atoms with Crippen LogP contribution in [0.1, 0.15) is 18.1 Å². The Morgan fingerprint density at radius 2 is 1.82 bits per heavy atom. The van der Waals surface area contributed by atoms with Crippen molar-refractivity contribution in [2.24, 2.45) is 0 Å². The molecule has 0 spiro atoms. The number of alkyl halides is 4. The number of carbonyl (C=O) groups excluding carboxylic acids is 1. The maximum absolute atomic E-state index is 14.1. The summed E-state index contributed by atoms with van der Waals surface area (Å²) in [6.45, 7) is 1.79. The van der Waals surface area contributed by atoms with Gasteiger partial charge in [-0.05, 0) is 42.8 Å². The van der Waals surface area contributed by atoms with Crippen molar-refractivity contribution in [1.29, 1.82) is 0 Å². The third kappa shape index (κ3) is 5.65. The normalized spacial score (nSPS) is 12.6. The zero-order valence-corrected chi connectivity index (χ0v) is 16.5. The van der Waals surface area contributed by atoms with Gasteiger partial charge in [-0.2, -0.15) is 13.2 Å². The Kier molecular flexibility index (Phi) is 7.42. The molecule has 0 bridgehead atoms. The molecule has 0 heterocycles. The molecule has 0 fully saturated rings. The molecule has 0 saturated carbocycles. The van der Waals surface area contributed by atoms with Gasteiger partial charge >= 0.3 is 12.1 Å². The van der Waals surface area contributed by atoms with Gasteiger partial charge in [0, 0.05) is 11.4 Å². The summed E-state index contributed by atoms with van der Waals surface area (Å²) in [5, 5.41) is -1.30. The fraction of sp³-hybridized carbons (Fsp3) is 0.278. The van der Waals surface area contributed by atoms with Crippen molar-refractivity contribution in [2.75, 3.05) is 6.61 Å². The van der Waals surface area contributed by atoms with Gasteiger partial charge in [0.25, 0.3) is 0 Å². The molecule has 0 saturated heterocycles. The number of benzene rings is 2. The minimum absolute atomic E-state index is 0.000349. The van der Waals surface area contributed by atoms with Crippen LogP contribution < -0.4 is 4.74 Å². The topological polar surface area (TPSA) is 35.5 Å². The van der Waals surface area contributed by atoms with Crippen molar-refractivity contribution in [3.05, 3.63) is 57.3 Å². The molecule has 2 aromatic rings. The standard InChI is InChI=1S/C18H13Cl3F4O3/c1-2-27-17(26)14(21)6-9-5-11(3-4-12(9)19)28-16-13(20)7-10(8-15(16)22)18(23,24)25/h3-5,7-8,14H,2,6H2,1H3. The maximum Gasteiger partial charge on any atom is 0.416 e. The average molecular weight is 460 g/mol. The molecule has 28 heavy (non-hydrogen) atoms. The largest absolute Gasteiger partial charge is 0.465 e. The van der Waals surface area contributed by atoms with E-state index in [0.717, 1.165) is 0 Å². The number of hydrogen-bond acceptors (Lipinski definition) is 3. The number of rotatable bonds is 6. The third-order valence-electron chi connectivity index (χ3n) is 3.50. The quantitative estimate of drug-likeness (QED) is 0.275. The smallest absolute Gasteiger partial charge is 0.416 e. The molecule has 0 aliphatic rings. The van der Waals surface area contributed by atoms with E-state index >= 15 is 0 Å². The molecule has 0 aliphatic carbocycles. The highest BCUT2D eigenvalue weighted by atomic mass is 35.5. The van der Waals surface area contributed by atoms with E-state index in [9.17, 15) is 22.4 Å². The van der Waals surface area contributed by atoms with E-state index in [0.29, 0.717) is 11.6 Å². The molecule has 2 aromatic carbocycles. The van der Waals surface area contributed by atoms with E-state index in [1.807, 2.05) is 0 Å². The lowest BCUT2D eigenvalue weighted by molar-refractivity contribution is -0.142. The van der Waals surface area contributed by atoms with E-state index in [1.54, 1.807) is 6.92 Å². The molecular formula is C18H13Cl3F4O3. The van der Waals surface area contributed by atoms with Gasteiger partial charge in [-0.1, -0.05) is 23.2 Å². The van der Waals surface area contributed by atoms with E-state index < -0.39 is 39.7 Å². The Bertz CT molecular complexity index is 849. The molecule has 0 radical (unpaired) electrons. The number of carbonyl (C=O) groups is 1. The van der Waals surface area contributed by atoms with Crippen molar-refractivity contribution < 1.29 is 31.8 Å². The molecule has 0 N–H and O–H groups in total. The summed E-state index contributed by atoms with van der Waals surface area (Å²) in [7, 11) is 0. The second-order valence-electron chi connectivity index (χ2n) is 5.55. The molecule has 0 aliphatic heterocycles. The van der Waals surface area contributed by atoms with Crippen molar-refractivity contribution >= 4 is 40.8 Å². The Balaban J connectivity index is 2.27. The van der Waals surface area contributed by atoms with Gasteiger partial charge in [-0.15, -0.1) is 11.6 Å². The van der Waals surface area contributed by atoms with Crippen molar-refractivity contribution in [3.8, 4) is 11.5 Å². The Labute approximate surface area is 173 Å². The van der Waals surface area contributed by atoms with Crippen LogP contribution in [0.4, 0.5) is 17.6 Å². The van der Waals surface area contributed by atoms with Crippen LogP contribution in [0.2, 0.25) is 10.0 Å². The van der Waals surface area contributed by atoms with Crippen LogP contribution in [0.25, 0.3) is 0 Å². The predicted octanol–water partition coefficient (Wildman–Crippen LogP) is 6.66. The molecule has 0 aromatic heterocycles. The van der Waals surface area contributed by atoms with Gasteiger partial charge in [0.05, 0.1) is 17.2 Å². The average Bonchev–Trinajstić information content (AvgIpc) is 2.59. The lowest BCUT2D eigenvalue weighted by Crippen LogP contribution is -2.20. The second kappa shape index (κ2) is 9.20. The Morgan fingerprint density at radius 3 is 2.39 bits per heavy atom. The summed E-state index contributed by atoms with van der Waals surface area (Å²) < 4.78 is 62.3. The van der Waals surface area contributed by atoms with Crippen LogP contribution in [0, 0.1) is 5.82 Å². The van der Waals surface area contributed by atoms with Crippen molar-refractivity contribution in [3.63, 3.8) is 0 Å². The van der Waals surface area contributed by atoms with Crippen LogP contribution in [0.15, 0.2) is 30.3 Å². The van der Waals surface area contributed by atoms with Gasteiger partial charge in [0.15, 0.2) is 11.6 Å². The number of esters is 1. The lowest BCUT2D eigenvalue weighted by Gasteiger charge is -2.14. The van der Waals surface area contributed by atoms with Crippen LogP contribution in [-0.4, -0.2) is 18.0 Å². The fourth-order valence-corrected chi connectivity index (χ4v) is 2.89. The zero-order valence-electron chi connectivity index (χ0n) is 14.2. The number of hydrogen-bond donors (Lipinski definition) is 0.